The first kappa shape index (κ1) is 13.8. The minimum atomic E-state index is 0.0647. The van der Waals surface area contributed by atoms with Gasteiger partial charge in [0.2, 0.25) is 5.91 Å². The molecule has 0 aliphatic carbocycles. The van der Waals surface area contributed by atoms with E-state index in [1.54, 1.807) is 0 Å². The molecule has 0 saturated heterocycles. The fraction of sp³-hybridized carbons (Fsp3) is 0.909. The zero-order valence-electron chi connectivity index (χ0n) is 9.69. The molecule has 0 spiro atoms. The smallest absolute Gasteiger partial charge is 0.220 e. The number of carbonyl (C=O) groups is 1. The summed E-state index contributed by atoms with van der Waals surface area (Å²) in [5.41, 5.74) is 0.0647. The molecule has 0 aromatic carbocycles. The second-order valence-electron chi connectivity index (χ2n) is 4.88. The number of rotatable bonds is 5. The Morgan fingerprint density at radius 3 is 2.43 bits per heavy atom. The molecule has 0 aromatic rings. The number of alkyl halides is 1. The van der Waals surface area contributed by atoms with Crippen molar-refractivity contribution in [1.82, 2.24) is 5.32 Å². The Morgan fingerprint density at radius 2 is 2.00 bits per heavy atom. The molecule has 0 aromatic heterocycles. The summed E-state index contributed by atoms with van der Waals surface area (Å²) in [4.78, 5) is 11.4. The van der Waals surface area contributed by atoms with Gasteiger partial charge in [-0.25, -0.2) is 0 Å². The number of halogens is 1. The molecule has 2 nitrogen and oxygen atoms in total. The van der Waals surface area contributed by atoms with Crippen LogP contribution in [-0.2, 0) is 4.79 Å². The van der Waals surface area contributed by atoms with Crippen LogP contribution in [0.4, 0.5) is 0 Å². The molecule has 0 fully saturated rings. The largest absolute Gasteiger partial charge is 0.356 e. The van der Waals surface area contributed by atoms with Gasteiger partial charge in [0.1, 0.15) is 0 Å². The van der Waals surface area contributed by atoms with Crippen molar-refractivity contribution in [1.29, 1.82) is 0 Å². The first-order chi connectivity index (χ1) is 6.35. The Labute approximate surface area is 92.4 Å². The Morgan fingerprint density at radius 1 is 1.43 bits per heavy atom. The molecule has 0 bridgehead atoms. The van der Waals surface area contributed by atoms with Crippen LogP contribution in [0.1, 0.15) is 47.0 Å². The fourth-order valence-corrected chi connectivity index (χ4v) is 1.23. The van der Waals surface area contributed by atoms with Crippen molar-refractivity contribution in [3.63, 3.8) is 0 Å². The molecule has 1 N–H and O–H groups in total. The third kappa shape index (κ3) is 8.36. The van der Waals surface area contributed by atoms with E-state index in [4.69, 9.17) is 11.6 Å². The predicted molar refractivity (Wildman–Crippen MR) is 61.6 cm³/mol. The quantitative estimate of drug-likeness (QED) is 0.708. The van der Waals surface area contributed by atoms with Crippen LogP contribution in [0, 0.1) is 5.41 Å². The van der Waals surface area contributed by atoms with Crippen LogP contribution in [0.5, 0.6) is 0 Å². The molecule has 84 valence electrons. The molecular formula is C11H22ClNO. The van der Waals surface area contributed by atoms with E-state index in [1.165, 1.54) is 0 Å². The van der Waals surface area contributed by atoms with Crippen LogP contribution in [0.25, 0.3) is 0 Å². The molecule has 0 saturated carbocycles. The zero-order valence-corrected chi connectivity index (χ0v) is 10.4. The summed E-state index contributed by atoms with van der Waals surface area (Å²) in [6, 6.07) is 0. The lowest BCUT2D eigenvalue weighted by atomic mass is 9.92. The van der Waals surface area contributed by atoms with Gasteiger partial charge in [-0.3, -0.25) is 4.79 Å². The molecule has 14 heavy (non-hydrogen) atoms. The Balaban J connectivity index is 3.55. The minimum Gasteiger partial charge on any atom is -0.356 e. The van der Waals surface area contributed by atoms with Crippen molar-refractivity contribution in [2.45, 2.75) is 52.3 Å². The molecular weight excluding hydrogens is 198 g/mol. The first-order valence-corrected chi connectivity index (χ1v) is 5.69. The third-order valence-electron chi connectivity index (χ3n) is 1.91. The van der Waals surface area contributed by atoms with Gasteiger partial charge in [0.15, 0.2) is 0 Å². The Hall–Kier alpha value is -0.240. The number of amides is 1. The van der Waals surface area contributed by atoms with Gasteiger partial charge in [0.05, 0.1) is 0 Å². The van der Waals surface area contributed by atoms with E-state index in [-0.39, 0.29) is 16.7 Å². The molecule has 0 aliphatic heterocycles. The van der Waals surface area contributed by atoms with Crippen LogP contribution < -0.4 is 5.32 Å². The highest BCUT2D eigenvalue weighted by Gasteiger charge is 2.15. The van der Waals surface area contributed by atoms with Gasteiger partial charge in [0.25, 0.3) is 0 Å². The van der Waals surface area contributed by atoms with Crippen molar-refractivity contribution >= 4 is 17.5 Å². The monoisotopic (exact) mass is 219 g/mol. The minimum absolute atomic E-state index is 0.0647. The fourth-order valence-electron chi connectivity index (χ4n) is 1.12. The number of carbonyl (C=O) groups excluding carboxylic acids is 1. The van der Waals surface area contributed by atoms with Crippen molar-refractivity contribution in [2.75, 3.05) is 6.54 Å². The zero-order chi connectivity index (χ0) is 11.2. The van der Waals surface area contributed by atoms with E-state index >= 15 is 0 Å². The van der Waals surface area contributed by atoms with E-state index in [0.29, 0.717) is 13.0 Å². The lowest BCUT2D eigenvalue weighted by molar-refractivity contribution is -0.122. The number of hydrogen-bond donors (Lipinski definition) is 1. The summed E-state index contributed by atoms with van der Waals surface area (Å²) in [6.45, 7) is 8.92. The van der Waals surface area contributed by atoms with Crippen molar-refractivity contribution < 1.29 is 4.79 Å². The Bertz CT molecular complexity index is 175. The van der Waals surface area contributed by atoms with Gasteiger partial charge in [0, 0.05) is 18.3 Å². The molecule has 3 heteroatoms. The lowest BCUT2D eigenvalue weighted by Crippen LogP contribution is -2.29. The molecule has 0 rings (SSSR count). The molecule has 0 aliphatic rings. The van der Waals surface area contributed by atoms with Crippen LogP contribution in [0.3, 0.4) is 0 Å². The van der Waals surface area contributed by atoms with Gasteiger partial charge in [-0.15, -0.1) is 11.6 Å². The van der Waals surface area contributed by atoms with Gasteiger partial charge in [-0.1, -0.05) is 27.7 Å². The summed E-state index contributed by atoms with van der Waals surface area (Å²) in [6.07, 6.45) is 2.39. The highest BCUT2D eigenvalue weighted by molar-refractivity contribution is 6.20. The summed E-state index contributed by atoms with van der Waals surface area (Å²) in [5.74, 6) is 0.123. The maximum atomic E-state index is 11.4. The van der Waals surface area contributed by atoms with E-state index in [1.807, 2.05) is 0 Å². The van der Waals surface area contributed by atoms with Gasteiger partial charge in [-0.2, -0.15) is 0 Å². The number of hydrogen-bond acceptors (Lipinski definition) is 1. The topological polar surface area (TPSA) is 29.1 Å². The highest BCUT2D eigenvalue weighted by atomic mass is 35.5. The lowest BCUT2D eigenvalue weighted by Gasteiger charge is -2.17. The van der Waals surface area contributed by atoms with Gasteiger partial charge < -0.3 is 5.32 Å². The molecule has 1 amide bonds. The van der Waals surface area contributed by atoms with Crippen LogP contribution in [-0.4, -0.2) is 17.8 Å². The van der Waals surface area contributed by atoms with Crippen LogP contribution in [0.2, 0.25) is 0 Å². The van der Waals surface area contributed by atoms with Crippen molar-refractivity contribution in [3.05, 3.63) is 0 Å². The SMILES string of the molecule is CCC(Cl)CCNC(=O)CC(C)(C)C. The summed E-state index contributed by atoms with van der Waals surface area (Å²) < 4.78 is 0. The van der Waals surface area contributed by atoms with E-state index in [9.17, 15) is 4.79 Å². The van der Waals surface area contributed by atoms with Gasteiger partial charge >= 0.3 is 0 Å². The Kier molecular flexibility index (Phi) is 6.17. The summed E-state index contributed by atoms with van der Waals surface area (Å²) in [7, 11) is 0. The molecule has 1 unspecified atom stereocenters. The first-order valence-electron chi connectivity index (χ1n) is 5.26. The standard InChI is InChI=1S/C11H22ClNO/c1-5-9(12)6-7-13-10(14)8-11(2,3)4/h9H,5-8H2,1-4H3,(H,13,14). The summed E-state index contributed by atoms with van der Waals surface area (Å²) in [5, 5.41) is 3.07. The average molecular weight is 220 g/mol. The average Bonchev–Trinajstić information content (AvgIpc) is 2.00. The maximum Gasteiger partial charge on any atom is 0.220 e. The van der Waals surface area contributed by atoms with E-state index in [2.05, 4.69) is 33.0 Å². The van der Waals surface area contributed by atoms with Gasteiger partial charge in [-0.05, 0) is 18.3 Å². The van der Waals surface area contributed by atoms with Crippen LogP contribution in [0.15, 0.2) is 0 Å². The van der Waals surface area contributed by atoms with Crippen molar-refractivity contribution in [2.24, 2.45) is 5.41 Å². The second kappa shape index (κ2) is 6.28. The van der Waals surface area contributed by atoms with Crippen LogP contribution >= 0.6 is 11.6 Å². The van der Waals surface area contributed by atoms with Crippen molar-refractivity contribution in [3.8, 4) is 0 Å². The third-order valence-corrected chi connectivity index (χ3v) is 2.44. The molecule has 1 atom stereocenters. The summed E-state index contributed by atoms with van der Waals surface area (Å²) >= 11 is 5.93. The molecule has 0 heterocycles. The maximum absolute atomic E-state index is 11.4. The van der Waals surface area contributed by atoms with E-state index < -0.39 is 0 Å². The normalized spacial score (nSPS) is 13.8. The second-order valence-corrected chi connectivity index (χ2v) is 5.50. The highest BCUT2D eigenvalue weighted by Crippen LogP contribution is 2.17. The predicted octanol–water partition coefficient (Wildman–Crippen LogP) is 2.95. The number of nitrogens with one attached hydrogen (secondary N) is 1. The molecule has 0 radical (unpaired) electrons. The van der Waals surface area contributed by atoms with E-state index in [0.717, 1.165) is 12.8 Å².